The first-order valence-electron chi connectivity index (χ1n) is 9.18. The Morgan fingerprint density at radius 3 is 2.59 bits per heavy atom. The van der Waals surface area contributed by atoms with Crippen LogP contribution >= 0.6 is 0 Å². The number of amides is 2. The molecule has 27 heavy (non-hydrogen) atoms. The van der Waals surface area contributed by atoms with Crippen molar-refractivity contribution in [2.75, 3.05) is 26.3 Å². The standard InChI is InChI=1S/C20H22N2O5/c23-19(21-12-14-1-2-17-18(11-14)27-10-9-26-17)15-3-6-22(7-4-15)20(24)16-5-8-25-13-16/h1-2,5,8,11,13,15H,3-4,6-7,9-10,12H2,(H,21,23). The number of carbonyl (C=O) groups is 2. The highest BCUT2D eigenvalue weighted by atomic mass is 16.6. The Morgan fingerprint density at radius 1 is 1.07 bits per heavy atom. The van der Waals surface area contributed by atoms with Crippen LogP contribution in [0.5, 0.6) is 11.5 Å². The highest BCUT2D eigenvalue weighted by molar-refractivity contribution is 5.94. The number of furan rings is 1. The van der Waals surface area contributed by atoms with Crippen molar-refractivity contribution < 1.29 is 23.5 Å². The molecule has 1 fully saturated rings. The Balaban J connectivity index is 1.27. The Hall–Kier alpha value is -2.96. The van der Waals surface area contributed by atoms with Gasteiger partial charge >= 0.3 is 0 Å². The summed E-state index contributed by atoms with van der Waals surface area (Å²) >= 11 is 0. The molecule has 7 nitrogen and oxygen atoms in total. The summed E-state index contributed by atoms with van der Waals surface area (Å²) in [4.78, 5) is 26.6. The molecule has 1 aromatic heterocycles. The van der Waals surface area contributed by atoms with Crippen molar-refractivity contribution in [1.29, 1.82) is 0 Å². The van der Waals surface area contributed by atoms with Crippen LogP contribution in [-0.2, 0) is 11.3 Å². The van der Waals surface area contributed by atoms with Gasteiger partial charge in [-0.05, 0) is 36.6 Å². The van der Waals surface area contributed by atoms with Crippen LogP contribution in [0.15, 0.2) is 41.2 Å². The zero-order valence-electron chi connectivity index (χ0n) is 15.0. The van der Waals surface area contributed by atoms with Crippen LogP contribution in [0.3, 0.4) is 0 Å². The fourth-order valence-corrected chi connectivity index (χ4v) is 3.44. The van der Waals surface area contributed by atoms with Crippen molar-refractivity contribution in [3.05, 3.63) is 47.9 Å². The van der Waals surface area contributed by atoms with E-state index in [1.807, 2.05) is 18.2 Å². The topological polar surface area (TPSA) is 81.0 Å². The second kappa shape index (κ2) is 7.73. The molecular formula is C20H22N2O5. The smallest absolute Gasteiger partial charge is 0.257 e. The van der Waals surface area contributed by atoms with E-state index in [1.165, 1.54) is 12.5 Å². The van der Waals surface area contributed by atoms with E-state index in [0.717, 1.165) is 17.1 Å². The van der Waals surface area contributed by atoms with Crippen molar-refractivity contribution in [3.63, 3.8) is 0 Å². The third-order valence-electron chi connectivity index (χ3n) is 4.99. The summed E-state index contributed by atoms with van der Waals surface area (Å²) in [6.07, 6.45) is 4.27. The molecule has 0 bridgehead atoms. The maximum absolute atomic E-state index is 12.5. The molecule has 0 atom stereocenters. The van der Waals surface area contributed by atoms with E-state index in [2.05, 4.69) is 5.32 Å². The van der Waals surface area contributed by atoms with Crippen LogP contribution in [-0.4, -0.2) is 43.0 Å². The molecule has 0 radical (unpaired) electrons. The minimum atomic E-state index is -0.0735. The second-order valence-corrected chi connectivity index (χ2v) is 6.77. The van der Waals surface area contributed by atoms with Gasteiger partial charge in [-0.3, -0.25) is 9.59 Å². The number of piperidine rings is 1. The van der Waals surface area contributed by atoms with Gasteiger partial charge in [0.05, 0.1) is 11.8 Å². The van der Waals surface area contributed by atoms with Gasteiger partial charge in [0.2, 0.25) is 5.91 Å². The number of benzene rings is 1. The van der Waals surface area contributed by atoms with Gasteiger partial charge in [-0.25, -0.2) is 0 Å². The Labute approximate surface area is 157 Å². The molecule has 1 N–H and O–H groups in total. The Bertz CT molecular complexity index is 810. The zero-order valence-corrected chi connectivity index (χ0v) is 15.0. The molecule has 2 aromatic rings. The molecule has 142 valence electrons. The normalized spacial score (nSPS) is 16.8. The van der Waals surface area contributed by atoms with E-state index < -0.39 is 0 Å². The lowest BCUT2D eigenvalue weighted by atomic mass is 9.95. The zero-order chi connectivity index (χ0) is 18.6. The Kier molecular flexibility index (Phi) is 5.00. The Morgan fingerprint density at radius 2 is 1.85 bits per heavy atom. The van der Waals surface area contributed by atoms with Crippen molar-refractivity contribution in [3.8, 4) is 11.5 Å². The van der Waals surface area contributed by atoms with Crippen molar-refractivity contribution in [2.45, 2.75) is 19.4 Å². The lowest BCUT2D eigenvalue weighted by Crippen LogP contribution is -2.42. The molecule has 2 amide bonds. The number of likely N-dealkylation sites (tertiary alicyclic amines) is 1. The van der Waals surface area contributed by atoms with Crippen molar-refractivity contribution in [2.24, 2.45) is 5.92 Å². The summed E-state index contributed by atoms with van der Waals surface area (Å²) in [5.74, 6) is 1.37. The summed E-state index contributed by atoms with van der Waals surface area (Å²) in [5.41, 5.74) is 1.52. The van der Waals surface area contributed by atoms with E-state index in [9.17, 15) is 9.59 Å². The number of carbonyl (C=O) groups excluding carboxylic acids is 2. The van der Waals surface area contributed by atoms with Gasteiger partial charge in [0.1, 0.15) is 19.5 Å². The van der Waals surface area contributed by atoms with Crippen molar-refractivity contribution in [1.82, 2.24) is 10.2 Å². The minimum absolute atomic E-state index is 0.0281. The molecular weight excluding hydrogens is 348 g/mol. The third-order valence-corrected chi connectivity index (χ3v) is 4.99. The SMILES string of the molecule is O=C(NCc1ccc2c(c1)OCCO2)C1CCN(C(=O)c2ccoc2)CC1. The monoisotopic (exact) mass is 370 g/mol. The van der Waals surface area contributed by atoms with Crippen LogP contribution in [0.2, 0.25) is 0 Å². The first-order chi connectivity index (χ1) is 13.2. The first-order valence-corrected chi connectivity index (χ1v) is 9.18. The van der Waals surface area contributed by atoms with Gasteiger partial charge in [0, 0.05) is 25.6 Å². The summed E-state index contributed by atoms with van der Waals surface area (Å²) in [7, 11) is 0. The van der Waals surface area contributed by atoms with Gasteiger partial charge in [-0.1, -0.05) is 6.07 Å². The van der Waals surface area contributed by atoms with Gasteiger partial charge < -0.3 is 24.1 Å². The van der Waals surface area contributed by atoms with E-state index in [4.69, 9.17) is 13.9 Å². The largest absolute Gasteiger partial charge is 0.486 e. The fourth-order valence-electron chi connectivity index (χ4n) is 3.44. The molecule has 7 heteroatoms. The quantitative estimate of drug-likeness (QED) is 0.893. The van der Waals surface area contributed by atoms with Gasteiger partial charge in [0.15, 0.2) is 11.5 Å². The fraction of sp³-hybridized carbons (Fsp3) is 0.400. The average Bonchev–Trinajstić information content (AvgIpc) is 3.26. The van der Waals surface area contributed by atoms with Crippen molar-refractivity contribution >= 4 is 11.8 Å². The number of nitrogens with zero attached hydrogens (tertiary/aromatic N) is 1. The molecule has 2 aliphatic heterocycles. The van der Waals surface area contributed by atoms with Gasteiger partial charge in [-0.15, -0.1) is 0 Å². The van der Waals surface area contributed by atoms with Crippen LogP contribution in [0.25, 0.3) is 0 Å². The molecule has 3 heterocycles. The molecule has 0 unspecified atom stereocenters. The number of rotatable bonds is 4. The van der Waals surface area contributed by atoms with Gasteiger partial charge in [-0.2, -0.15) is 0 Å². The van der Waals surface area contributed by atoms with Crippen LogP contribution < -0.4 is 14.8 Å². The second-order valence-electron chi connectivity index (χ2n) is 6.77. The molecule has 0 aliphatic carbocycles. The van der Waals surface area contributed by atoms with Crippen LogP contribution in [0.4, 0.5) is 0 Å². The number of hydrogen-bond acceptors (Lipinski definition) is 5. The molecule has 4 rings (SSSR count). The average molecular weight is 370 g/mol. The highest BCUT2D eigenvalue weighted by Crippen LogP contribution is 2.30. The number of fused-ring (bicyclic) bond motifs is 1. The lowest BCUT2D eigenvalue weighted by molar-refractivity contribution is -0.126. The molecule has 0 spiro atoms. The number of hydrogen-bond donors (Lipinski definition) is 1. The minimum Gasteiger partial charge on any atom is -0.486 e. The predicted octanol–water partition coefficient (Wildman–Crippen LogP) is 2.22. The van der Waals surface area contributed by atoms with E-state index in [-0.39, 0.29) is 17.7 Å². The molecule has 1 saturated heterocycles. The summed E-state index contributed by atoms with van der Waals surface area (Å²) in [6.45, 7) is 2.70. The van der Waals surface area contributed by atoms with Crippen LogP contribution in [0.1, 0.15) is 28.8 Å². The summed E-state index contributed by atoms with van der Waals surface area (Å²) < 4.78 is 16.0. The number of ether oxygens (including phenoxy) is 2. The third kappa shape index (κ3) is 3.92. The van der Waals surface area contributed by atoms with E-state index >= 15 is 0 Å². The summed E-state index contributed by atoms with van der Waals surface area (Å²) in [5, 5.41) is 2.99. The van der Waals surface area contributed by atoms with Gasteiger partial charge in [0.25, 0.3) is 5.91 Å². The highest BCUT2D eigenvalue weighted by Gasteiger charge is 2.28. The number of nitrogens with one attached hydrogen (secondary N) is 1. The van der Waals surface area contributed by atoms with E-state index in [0.29, 0.717) is 51.3 Å². The summed E-state index contributed by atoms with van der Waals surface area (Å²) in [6, 6.07) is 7.37. The lowest BCUT2D eigenvalue weighted by Gasteiger charge is -2.31. The molecule has 2 aliphatic rings. The predicted molar refractivity (Wildman–Crippen MR) is 96.6 cm³/mol. The first kappa shape index (κ1) is 17.5. The maximum atomic E-state index is 12.5. The molecule has 0 saturated carbocycles. The van der Waals surface area contributed by atoms with Crippen LogP contribution in [0, 0.1) is 5.92 Å². The molecule has 1 aromatic carbocycles. The maximum Gasteiger partial charge on any atom is 0.257 e. The van der Waals surface area contributed by atoms with E-state index in [1.54, 1.807) is 11.0 Å².